The third kappa shape index (κ3) is 3.98. The lowest BCUT2D eigenvalue weighted by atomic mass is 9.81. The summed E-state index contributed by atoms with van der Waals surface area (Å²) in [5.41, 5.74) is 0.376. The number of hydrogen-bond donors (Lipinski definition) is 1. The van der Waals surface area contributed by atoms with Gasteiger partial charge >= 0.3 is 5.97 Å². The van der Waals surface area contributed by atoms with Gasteiger partial charge in [0.05, 0.1) is 22.5 Å². The highest BCUT2D eigenvalue weighted by Crippen LogP contribution is 2.60. The van der Waals surface area contributed by atoms with Crippen molar-refractivity contribution in [1.29, 1.82) is 0 Å². The number of likely N-dealkylation sites (tertiary alicyclic amines) is 1. The number of carbonyl (C=O) groups is 4. The van der Waals surface area contributed by atoms with Crippen molar-refractivity contribution in [3.8, 4) is 0 Å². The van der Waals surface area contributed by atoms with Gasteiger partial charge in [-0.2, -0.15) is 0 Å². The first-order valence-corrected chi connectivity index (χ1v) is 12.7. The summed E-state index contributed by atoms with van der Waals surface area (Å²) >= 11 is 16.6. The van der Waals surface area contributed by atoms with E-state index in [1.807, 2.05) is 0 Å². The van der Waals surface area contributed by atoms with E-state index in [-0.39, 0.29) is 33.3 Å². The van der Waals surface area contributed by atoms with E-state index in [4.69, 9.17) is 16.3 Å². The number of esters is 1. The van der Waals surface area contributed by atoms with Crippen molar-refractivity contribution in [2.24, 2.45) is 23.7 Å². The Morgan fingerprint density at radius 2 is 1.77 bits per heavy atom. The van der Waals surface area contributed by atoms with Crippen LogP contribution in [0.5, 0.6) is 0 Å². The molecule has 7 nitrogen and oxygen atoms in total. The molecule has 3 amide bonds. The summed E-state index contributed by atoms with van der Waals surface area (Å²) in [5, 5.41) is 2.88. The number of anilines is 1. The van der Waals surface area contributed by atoms with Gasteiger partial charge < -0.3 is 10.1 Å². The van der Waals surface area contributed by atoms with Crippen molar-refractivity contribution in [2.45, 2.75) is 29.0 Å². The second-order valence-corrected chi connectivity index (χ2v) is 11.4. The lowest BCUT2D eigenvalue weighted by molar-refractivity contribution is -0.159. The number of amides is 3. The van der Waals surface area contributed by atoms with Crippen molar-refractivity contribution in [3.63, 3.8) is 0 Å². The molecule has 7 atom stereocenters. The van der Waals surface area contributed by atoms with Gasteiger partial charge in [0, 0.05) is 14.1 Å². The second-order valence-electron chi connectivity index (χ2n) is 8.01. The van der Waals surface area contributed by atoms with E-state index in [2.05, 4.69) is 53.1 Å². The van der Waals surface area contributed by atoms with E-state index < -0.39 is 36.4 Å². The fourth-order valence-corrected chi connectivity index (χ4v) is 7.49. The molecule has 1 aliphatic heterocycles. The molecule has 4 rings (SSSR count). The third-order valence-electron chi connectivity index (χ3n) is 6.30. The van der Waals surface area contributed by atoms with Crippen molar-refractivity contribution in [1.82, 2.24) is 4.90 Å². The monoisotopic (exact) mass is 638 g/mol. The summed E-state index contributed by atoms with van der Waals surface area (Å²) in [6, 6.07) is 3.84. The maximum absolute atomic E-state index is 13.0. The number of imide groups is 1. The fraction of sp³-hybridized carbons (Fsp3) is 0.500. The largest absolute Gasteiger partial charge is 0.454 e. The molecule has 166 valence electrons. The number of hydrogen-bond acceptors (Lipinski definition) is 5. The quantitative estimate of drug-likeness (QED) is 0.301. The Bertz CT molecular complexity index is 944. The minimum absolute atomic E-state index is 0.0606. The minimum atomic E-state index is -1.10. The zero-order valence-corrected chi connectivity index (χ0v) is 21.7. The Balaban J connectivity index is 1.37. The molecular formula is C20H18Br3ClN2O5. The van der Waals surface area contributed by atoms with Crippen LogP contribution in [0, 0.1) is 23.7 Å². The van der Waals surface area contributed by atoms with Gasteiger partial charge in [0.25, 0.3) is 5.91 Å². The van der Waals surface area contributed by atoms with Crippen LogP contribution in [0.3, 0.4) is 0 Å². The Hall–Kier alpha value is -0.970. The molecule has 0 aromatic heterocycles. The molecule has 0 radical (unpaired) electrons. The van der Waals surface area contributed by atoms with Crippen LogP contribution >= 0.6 is 59.4 Å². The fourth-order valence-electron chi connectivity index (χ4n) is 4.89. The van der Waals surface area contributed by atoms with Crippen LogP contribution in [0.25, 0.3) is 0 Å². The molecule has 0 unspecified atom stereocenters. The van der Waals surface area contributed by atoms with Crippen LogP contribution in [-0.2, 0) is 23.9 Å². The normalized spacial score (nSPS) is 32.2. The number of ether oxygens (including phenoxy) is 1. The van der Waals surface area contributed by atoms with Gasteiger partial charge in [0.1, 0.15) is 6.04 Å². The molecule has 2 aliphatic carbocycles. The lowest BCUT2D eigenvalue weighted by Crippen LogP contribution is -2.45. The maximum Gasteiger partial charge on any atom is 0.329 e. The SMILES string of the molecule is C[C@H](C(=O)OCC(=O)Nc1ccc(Br)cc1Cl)N1C(=O)[C@@H]2[C@H]3C[C@@H]([C@@H](Br)[C@H]3Br)[C@H]2C1=O. The Morgan fingerprint density at radius 1 is 1.19 bits per heavy atom. The van der Waals surface area contributed by atoms with Crippen LogP contribution in [0.15, 0.2) is 22.7 Å². The van der Waals surface area contributed by atoms with Gasteiger partial charge in [-0.1, -0.05) is 59.4 Å². The van der Waals surface area contributed by atoms with Crippen LogP contribution in [-0.4, -0.2) is 50.9 Å². The van der Waals surface area contributed by atoms with E-state index in [9.17, 15) is 19.2 Å². The molecular weight excluding hydrogens is 623 g/mol. The Labute approximate surface area is 208 Å². The summed E-state index contributed by atoms with van der Waals surface area (Å²) in [5.74, 6) is -2.75. The molecule has 3 fully saturated rings. The van der Waals surface area contributed by atoms with Gasteiger partial charge in [-0.05, 0) is 43.4 Å². The predicted molar refractivity (Wildman–Crippen MR) is 124 cm³/mol. The van der Waals surface area contributed by atoms with Crippen molar-refractivity contribution in [2.75, 3.05) is 11.9 Å². The third-order valence-corrected chi connectivity index (χ3v) is 10.3. The molecule has 2 bridgehead atoms. The van der Waals surface area contributed by atoms with Gasteiger partial charge in [0.2, 0.25) is 11.8 Å². The molecule has 1 saturated heterocycles. The summed E-state index contributed by atoms with van der Waals surface area (Å²) in [6.45, 7) is 0.888. The van der Waals surface area contributed by atoms with Crippen LogP contribution in [0.4, 0.5) is 5.69 Å². The first kappa shape index (κ1) is 23.2. The second kappa shape index (κ2) is 8.76. The number of alkyl halides is 2. The standard InChI is InChI=1S/C20H18Br3ClN2O5/c1-7(20(30)31-6-13(27)25-12-3-2-8(21)4-11(12)24)26-18(28)14-9-5-10(15(14)19(26)29)17(23)16(9)22/h2-4,7,9-10,14-17H,5-6H2,1H3,(H,25,27)/t7-,9-,10-,14-,15-,16-,17+/m1/s1. The summed E-state index contributed by atoms with van der Waals surface area (Å²) in [4.78, 5) is 51.9. The number of nitrogens with zero attached hydrogens (tertiary/aromatic N) is 1. The average molecular weight is 642 g/mol. The first-order chi connectivity index (χ1) is 14.6. The molecule has 1 N–H and O–H groups in total. The molecule has 1 aromatic carbocycles. The molecule has 11 heteroatoms. The van der Waals surface area contributed by atoms with Crippen molar-refractivity contribution in [3.05, 3.63) is 27.7 Å². The summed E-state index contributed by atoms with van der Waals surface area (Å²) in [6.07, 6.45) is 0.810. The van der Waals surface area contributed by atoms with Gasteiger partial charge in [-0.25, -0.2) is 4.79 Å². The molecule has 3 aliphatic rings. The Kier molecular flexibility index (Phi) is 6.55. The zero-order valence-electron chi connectivity index (χ0n) is 16.2. The molecule has 0 spiro atoms. The highest BCUT2D eigenvalue weighted by molar-refractivity contribution is 9.12. The van der Waals surface area contributed by atoms with Crippen LogP contribution in [0.1, 0.15) is 13.3 Å². The highest BCUT2D eigenvalue weighted by Gasteiger charge is 2.67. The number of benzene rings is 1. The number of halogens is 4. The van der Waals surface area contributed by atoms with Crippen LogP contribution < -0.4 is 5.32 Å². The topological polar surface area (TPSA) is 92.8 Å². The number of nitrogens with one attached hydrogen (secondary N) is 1. The smallest absolute Gasteiger partial charge is 0.329 e. The highest BCUT2D eigenvalue weighted by atomic mass is 79.9. The van der Waals surface area contributed by atoms with E-state index in [0.717, 1.165) is 15.8 Å². The predicted octanol–water partition coefficient (Wildman–Crippen LogP) is 3.75. The number of carbonyl (C=O) groups excluding carboxylic acids is 4. The zero-order chi connectivity index (χ0) is 22.6. The molecule has 2 saturated carbocycles. The maximum atomic E-state index is 13.0. The van der Waals surface area contributed by atoms with Crippen molar-refractivity contribution >= 4 is 88.8 Å². The lowest BCUT2D eigenvalue weighted by Gasteiger charge is -2.28. The van der Waals surface area contributed by atoms with E-state index in [0.29, 0.717) is 10.7 Å². The molecule has 31 heavy (non-hydrogen) atoms. The number of rotatable bonds is 5. The van der Waals surface area contributed by atoms with E-state index in [1.54, 1.807) is 18.2 Å². The Morgan fingerprint density at radius 3 is 2.32 bits per heavy atom. The number of fused-ring (bicyclic) bond motifs is 5. The molecule has 1 heterocycles. The summed E-state index contributed by atoms with van der Waals surface area (Å²) < 4.78 is 5.83. The van der Waals surface area contributed by atoms with Gasteiger partial charge in [-0.15, -0.1) is 0 Å². The molecule has 1 aromatic rings. The van der Waals surface area contributed by atoms with Crippen LogP contribution in [0.2, 0.25) is 5.02 Å². The minimum Gasteiger partial charge on any atom is -0.454 e. The van der Waals surface area contributed by atoms with Gasteiger partial charge in [-0.3, -0.25) is 19.3 Å². The summed E-state index contributed by atoms with van der Waals surface area (Å²) in [7, 11) is 0. The van der Waals surface area contributed by atoms with Crippen molar-refractivity contribution < 1.29 is 23.9 Å². The van der Waals surface area contributed by atoms with E-state index >= 15 is 0 Å². The van der Waals surface area contributed by atoms with Gasteiger partial charge in [0.15, 0.2) is 6.61 Å². The average Bonchev–Trinajstić information content (AvgIpc) is 3.32. The first-order valence-electron chi connectivity index (χ1n) is 9.68. The van der Waals surface area contributed by atoms with E-state index in [1.165, 1.54) is 6.92 Å².